The number of aromatic nitrogens is 2. The molecule has 1 saturated heterocycles. The Kier molecular flexibility index (Phi) is 4.81. The number of nitrogens with zero attached hydrogens (tertiary/aromatic N) is 3. The molecule has 2 N–H and O–H groups in total. The lowest BCUT2D eigenvalue weighted by Gasteiger charge is -2.27. The first kappa shape index (κ1) is 18.3. The molecular formula is C21H25N5O3. The number of hydrogen-bond donors (Lipinski definition) is 2. The van der Waals surface area contributed by atoms with Gasteiger partial charge in [-0.05, 0) is 49.8 Å². The lowest BCUT2D eigenvalue weighted by Crippen LogP contribution is -2.36. The molecule has 1 fully saturated rings. The van der Waals surface area contributed by atoms with Crippen LogP contribution >= 0.6 is 0 Å². The van der Waals surface area contributed by atoms with Crippen molar-refractivity contribution in [3.8, 4) is 0 Å². The third kappa shape index (κ3) is 3.54. The van der Waals surface area contributed by atoms with Gasteiger partial charge in [0.2, 0.25) is 0 Å². The van der Waals surface area contributed by atoms with Gasteiger partial charge < -0.3 is 14.2 Å². The van der Waals surface area contributed by atoms with Crippen LogP contribution < -0.4 is 5.43 Å². The van der Waals surface area contributed by atoms with E-state index >= 15 is 0 Å². The number of fused-ring (bicyclic) bond motifs is 1. The van der Waals surface area contributed by atoms with Crippen LogP contribution in [0.1, 0.15) is 46.8 Å². The first-order valence-electron chi connectivity index (χ1n) is 10.3. The molecule has 0 bridgehead atoms. The van der Waals surface area contributed by atoms with Gasteiger partial charge in [0.15, 0.2) is 0 Å². The summed E-state index contributed by atoms with van der Waals surface area (Å²) in [5.74, 6) is 0.468. The number of ether oxygens (including phenoxy) is 1. The van der Waals surface area contributed by atoms with Gasteiger partial charge in [-0.1, -0.05) is 5.16 Å². The Morgan fingerprint density at radius 2 is 2.07 bits per heavy atom. The molecule has 8 nitrogen and oxygen atoms in total. The average Bonchev–Trinajstić information content (AvgIpc) is 3.42. The lowest BCUT2D eigenvalue weighted by molar-refractivity contribution is -0.116. The van der Waals surface area contributed by atoms with E-state index in [1.807, 2.05) is 13.0 Å². The predicted molar refractivity (Wildman–Crippen MR) is 107 cm³/mol. The zero-order chi connectivity index (χ0) is 19.8. The Balaban J connectivity index is 1.53. The predicted octanol–water partition coefficient (Wildman–Crippen LogP) is 1.94. The van der Waals surface area contributed by atoms with Gasteiger partial charge in [0.25, 0.3) is 5.91 Å². The van der Waals surface area contributed by atoms with Crippen molar-refractivity contribution < 1.29 is 14.1 Å². The Bertz CT molecular complexity index is 994. The number of amides is 1. The van der Waals surface area contributed by atoms with E-state index in [0.29, 0.717) is 22.7 Å². The third-order valence-electron chi connectivity index (χ3n) is 5.86. The van der Waals surface area contributed by atoms with Gasteiger partial charge in [0, 0.05) is 37.1 Å². The number of hydrazone groups is 1. The summed E-state index contributed by atoms with van der Waals surface area (Å²) in [5.41, 5.74) is 9.20. The second-order valence-corrected chi connectivity index (χ2v) is 7.85. The molecular weight excluding hydrogens is 370 g/mol. The van der Waals surface area contributed by atoms with Gasteiger partial charge in [-0.15, -0.1) is 0 Å². The maximum absolute atomic E-state index is 12.5. The number of hydrogen-bond acceptors (Lipinski definition) is 6. The molecule has 0 spiro atoms. The molecule has 2 aromatic rings. The number of H-pyrrole nitrogens is 1. The monoisotopic (exact) mass is 395 g/mol. The van der Waals surface area contributed by atoms with E-state index in [1.165, 1.54) is 29.7 Å². The molecule has 0 saturated carbocycles. The molecule has 0 aromatic carbocycles. The van der Waals surface area contributed by atoms with E-state index in [4.69, 9.17) is 9.26 Å². The number of aromatic amines is 1. The van der Waals surface area contributed by atoms with Crippen LogP contribution in [-0.4, -0.2) is 53.0 Å². The highest BCUT2D eigenvalue weighted by molar-refractivity contribution is 6.32. The van der Waals surface area contributed by atoms with Crippen LogP contribution in [0.3, 0.4) is 0 Å². The molecule has 0 radical (unpaired) electrons. The molecule has 8 heteroatoms. The molecule has 0 unspecified atom stereocenters. The quantitative estimate of drug-likeness (QED) is 0.772. The number of nitrogens with one attached hydrogen (secondary N) is 2. The van der Waals surface area contributed by atoms with Crippen molar-refractivity contribution in [1.29, 1.82) is 0 Å². The van der Waals surface area contributed by atoms with E-state index in [0.717, 1.165) is 51.4 Å². The van der Waals surface area contributed by atoms with Crippen molar-refractivity contribution >= 4 is 17.7 Å². The maximum atomic E-state index is 12.5. The van der Waals surface area contributed by atoms with Gasteiger partial charge in [0.1, 0.15) is 17.2 Å². The molecule has 3 aliphatic rings. The first-order chi connectivity index (χ1) is 14.2. The topological polar surface area (TPSA) is 95.8 Å². The Morgan fingerprint density at radius 3 is 2.86 bits per heavy atom. The van der Waals surface area contributed by atoms with Crippen LogP contribution in [0.25, 0.3) is 6.08 Å². The Hall–Kier alpha value is -2.71. The van der Waals surface area contributed by atoms with E-state index in [1.54, 1.807) is 6.07 Å². The van der Waals surface area contributed by atoms with Crippen LogP contribution in [0.4, 0.5) is 0 Å². The molecule has 2 aromatic heterocycles. The van der Waals surface area contributed by atoms with Crippen LogP contribution in [0.5, 0.6) is 0 Å². The summed E-state index contributed by atoms with van der Waals surface area (Å²) in [6.07, 6.45) is 6.49. The van der Waals surface area contributed by atoms with E-state index in [2.05, 4.69) is 25.6 Å². The minimum absolute atomic E-state index is 0.217. The highest BCUT2D eigenvalue weighted by Gasteiger charge is 2.28. The molecule has 2 aliphatic heterocycles. The largest absolute Gasteiger partial charge is 0.379 e. The normalized spacial score (nSPS) is 21.3. The highest BCUT2D eigenvalue weighted by atomic mass is 16.5. The summed E-state index contributed by atoms with van der Waals surface area (Å²) in [5, 5.41) is 8.22. The summed E-state index contributed by atoms with van der Waals surface area (Å²) in [7, 11) is 0. The molecule has 1 aliphatic carbocycles. The second-order valence-electron chi connectivity index (χ2n) is 7.85. The van der Waals surface area contributed by atoms with Crippen LogP contribution in [0, 0.1) is 6.92 Å². The number of carbonyl (C=O) groups is 1. The van der Waals surface area contributed by atoms with Gasteiger partial charge >= 0.3 is 0 Å². The Labute approximate surface area is 169 Å². The van der Waals surface area contributed by atoms with Crippen molar-refractivity contribution in [1.82, 2.24) is 20.5 Å². The van der Waals surface area contributed by atoms with Gasteiger partial charge in [-0.3, -0.25) is 9.69 Å². The summed E-state index contributed by atoms with van der Waals surface area (Å²) < 4.78 is 10.7. The minimum Gasteiger partial charge on any atom is -0.379 e. The standard InChI is InChI=1S/C21H25N5O3/c1-13-10-19(25-29-13)20-15(21(27)24-23-20)11-18-16(12-26-6-8-28-9-7-26)14-4-2-3-5-17(14)22-18/h10-11,22H,2-9,12H2,1H3,(H,24,27)/b15-11+. The molecule has 1 amide bonds. The second kappa shape index (κ2) is 7.61. The fourth-order valence-corrected chi connectivity index (χ4v) is 4.35. The molecule has 0 atom stereocenters. The van der Waals surface area contributed by atoms with Crippen molar-refractivity contribution in [3.05, 3.63) is 45.6 Å². The van der Waals surface area contributed by atoms with E-state index in [9.17, 15) is 4.79 Å². The van der Waals surface area contributed by atoms with Crippen molar-refractivity contribution in [2.24, 2.45) is 5.10 Å². The zero-order valence-electron chi connectivity index (χ0n) is 16.6. The number of carbonyl (C=O) groups excluding carboxylic acids is 1. The van der Waals surface area contributed by atoms with Crippen LogP contribution in [0.15, 0.2) is 21.3 Å². The SMILES string of the molecule is Cc1cc(C2=NNC(=O)/C2=C/c2[nH]c3c(c2CN2CCOCC2)CCCC3)no1. The summed E-state index contributed by atoms with van der Waals surface area (Å²) in [4.78, 5) is 18.5. The number of rotatable bonds is 4. The fraction of sp³-hybridized carbons (Fsp3) is 0.476. The van der Waals surface area contributed by atoms with Crippen LogP contribution in [-0.2, 0) is 28.9 Å². The maximum Gasteiger partial charge on any atom is 0.273 e. The summed E-state index contributed by atoms with van der Waals surface area (Å²) in [6.45, 7) is 6.10. The van der Waals surface area contributed by atoms with Crippen molar-refractivity contribution in [2.75, 3.05) is 26.3 Å². The van der Waals surface area contributed by atoms with Crippen molar-refractivity contribution in [2.45, 2.75) is 39.2 Å². The highest BCUT2D eigenvalue weighted by Crippen LogP contribution is 2.30. The van der Waals surface area contributed by atoms with Gasteiger partial charge in [-0.2, -0.15) is 5.10 Å². The average molecular weight is 395 g/mol. The molecule has 5 rings (SSSR count). The van der Waals surface area contributed by atoms with E-state index in [-0.39, 0.29) is 5.91 Å². The van der Waals surface area contributed by atoms with Gasteiger partial charge in [0.05, 0.1) is 18.8 Å². The minimum atomic E-state index is -0.217. The summed E-state index contributed by atoms with van der Waals surface area (Å²) >= 11 is 0. The number of aryl methyl sites for hydroxylation is 2. The smallest absolute Gasteiger partial charge is 0.273 e. The van der Waals surface area contributed by atoms with E-state index < -0.39 is 0 Å². The molecule has 4 heterocycles. The number of morpholine rings is 1. The lowest BCUT2D eigenvalue weighted by atomic mass is 9.93. The fourth-order valence-electron chi connectivity index (χ4n) is 4.35. The Morgan fingerprint density at radius 1 is 1.24 bits per heavy atom. The third-order valence-corrected chi connectivity index (χ3v) is 5.86. The van der Waals surface area contributed by atoms with Gasteiger partial charge in [-0.25, -0.2) is 5.43 Å². The molecule has 152 valence electrons. The van der Waals surface area contributed by atoms with Crippen LogP contribution in [0.2, 0.25) is 0 Å². The van der Waals surface area contributed by atoms with Crippen molar-refractivity contribution in [3.63, 3.8) is 0 Å². The zero-order valence-corrected chi connectivity index (χ0v) is 16.6. The molecule has 29 heavy (non-hydrogen) atoms. The summed E-state index contributed by atoms with van der Waals surface area (Å²) in [6, 6.07) is 1.79. The first-order valence-corrected chi connectivity index (χ1v) is 10.3.